The fourth-order valence-electron chi connectivity index (χ4n) is 1.93. The summed E-state index contributed by atoms with van der Waals surface area (Å²) in [7, 11) is 1.99. The minimum atomic E-state index is -0.461. The number of carbonyl (C=O) groups excluding carboxylic acids is 1. The molecule has 0 radical (unpaired) electrons. The van der Waals surface area contributed by atoms with Crippen LogP contribution < -0.4 is 16.4 Å². The lowest BCUT2D eigenvalue weighted by Gasteiger charge is -2.18. The van der Waals surface area contributed by atoms with Crippen molar-refractivity contribution in [3.63, 3.8) is 0 Å². The standard InChI is InChI=1S/C16H22ClN5O2/c1-10(2)22(3)8-13-9-24-16(20-13)21-15(23)19-12-5-4-11(7-18)14(17)6-12/h4-6,9-10H,7-8,18H2,1-3H3,(H2,19,20,21,23). The predicted octanol–water partition coefficient (Wildman–Crippen LogP) is 3.27. The Hall–Kier alpha value is -2.09. The van der Waals surface area contributed by atoms with Gasteiger partial charge in [0, 0.05) is 29.8 Å². The summed E-state index contributed by atoms with van der Waals surface area (Å²) in [5.41, 5.74) is 7.67. The summed E-state index contributed by atoms with van der Waals surface area (Å²) in [6.07, 6.45) is 1.53. The number of nitrogens with one attached hydrogen (secondary N) is 2. The molecule has 130 valence electrons. The second kappa shape index (κ2) is 8.14. The van der Waals surface area contributed by atoms with Crippen molar-refractivity contribution in [2.24, 2.45) is 5.73 Å². The van der Waals surface area contributed by atoms with Crippen molar-refractivity contribution in [2.45, 2.75) is 33.0 Å². The van der Waals surface area contributed by atoms with Crippen LogP contribution in [0.4, 0.5) is 16.5 Å². The van der Waals surface area contributed by atoms with Gasteiger partial charge in [-0.3, -0.25) is 10.2 Å². The van der Waals surface area contributed by atoms with Gasteiger partial charge in [-0.1, -0.05) is 17.7 Å². The number of nitrogens with two attached hydrogens (primary N) is 1. The lowest BCUT2D eigenvalue weighted by atomic mass is 10.2. The highest BCUT2D eigenvalue weighted by atomic mass is 35.5. The minimum Gasteiger partial charge on any atom is -0.432 e. The van der Waals surface area contributed by atoms with E-state index in [1.54, 1.807) is 18.2 Å². The van der Waals surface area contributed by atoms with Crippen LogP contribution in [0.15, 0.2) is 28.9 Å². The summed E-state index contributed by atoms with van der Waals surface area (Å²) >= 11 is 6.06. The van der Waals surface area contributed by atoms with Crippen molar-refractivity contribution < 1.29 is 9.21 Å². The molecule has 2 rings (SSSR count). The number of anilines is 2. The van der Waals surface area contributed by atoms with Gasteiger partial charge >= 0.3 is 12.0 Å². The van der Waals surface area contributed by atoms with Gasteiger partial charge in [-0.15, -0.1) is 0 Å². The Bertz CT molecular complexity index is 702. The first kappa shape index (κ1) is 18.3. The Morgan fingerprint density at radius 2 is 2.17 bits per heavy atom. The van der Waals surface area contributed by atoms with Gasteiger partial charge in [-0.2, -0.15) is 4.98 Å². The number of halogens is 1. The molecule has 1 aromatic heterocycles. The zero-order chi connectivity index (χ0) is 17.7. The van der Waals surface area contributed by atoms with E-state index in [4.69, 9.17) is 21.8 Å². The Balaban J connectivity index is 1.93. The highest BCUT2D eigenvalue weighted by Gasteiger charge is 2.11. The molecule has 0 saturated carbocycles. The van der Waals surface area contributed by atoms with Crippen molar-refractivity contribution in [1.82, 2.24) is 9.88 Å². The monoisotopic (exact) mass is 351 g/mol. The predicted molar refractivity (Wildman–Crippen MR) is 95.1 cm³/mol. The van der Waals surface area contributed by atoms with Gasteiger partial charge in [0.1, 0.15) is 6.26 Å². The molecule has 7 nitrogen and oxygen atoms in total. The van der Waals surface area contributed by atoms with Crippen LogP contribution in [-0.4, -0.2) is 29.0 Å². The zero-order valence-corrected chi connectivity index (χ0v) is 14.7. The van der Waals surface area contributed by atoms with Gasteiger partial charge in [0.05, 0.1) is 5.69 Å². The van der Waals surface area contributed by atoms with E-state index < -0.39 is 6.03 Å². The fraction of sp³-hybridized carbons (Fsp3) is 0.375. The first-order chi connectivity index (χ1) is 11.4. The molecule has 1 aromatic carbocycles. The molecule has 24 heavy (non-hydrogen) atoms. The average molecular weight is 352 g/mol. The maximum absolute atomic E-state index is 12.0. The van der Waals surface area contributed by atoms with Crippen molar-refractivity contribution in [1.29, 1.82) is 0 Å². The van der Waals surface area contributed by atoms with Crippen LogP contribution in [0.3, 0.4) is 0 Å². The zero-order valence-electron chi connectivity index (χ0n) is 14.0. The molecule has 0 aliphatic rings. The second-order valence-corrected chi connectivity index (χ2v) is 6.15. The number of nitrogens with zero attached hydrogens (tertiary/aromatic N) is 2. The van der Waals surface area contributed by atoms with Crippen LogP contribution in [0.5, 0.6) is 0 Å². The van der Waals surface area contributed by atoms with E-state index in [2.05, 4.69) is 34.4 Å². The topological polar surface area (TPSA) is 96.4 Å². The summed E-state index contributed by atoms with van der Waals surface area (Å²) in [5.74, 6) is 0. The number of aromatic nitrogens is 1. The summed E-state index contributed by atoms with van der Waals surface area (Å²) in [4.78, 5) is 18.3. The molecule has 2 amide bonds. The quantitative estimate of drug-likeness (QED) is 0.742. The number of benzene rings is 1. The Morgan fingerprint density at radius 3 is 2.79 bits per heavy atom. The van der Waals surface area contributed by atoms with Gasteiger partial charge in [0.2, 0.25) is 0 Å². The third kappa shape index (κ3) is 4.95. The van der Waals surface area contributed by atoms with E-state index in [1.807, 2.05) is 7.05 Å². The SMILES string of the molecule is CC(C)N(C)Cc1coc(NC(=O)Nc2ccc(CN)c(Cl)c2)n1. The lowest BCUT2D eigenvalue weighted by molar-refractivity contribution is 0.261. The molecule has 1 heterocycles. The van der Waals surface area contributed by atoms with E-state index in [0.717, 1.165) is 11.3 Å². The normalized spacial score (nSPS) is 11.1. The smallest absolute Gasteiger partial charge is 0.327 e. The number of urea groups is 1. The molecule has 0 aliphatic carbocycles. The molecule has 0 spiro atoms. The Labute approximate surface area is 146 Å². The third-order valence-corrected chi connectivity index (χ3v) is 3.95. The van der Waals surface area contributed by atoms with Gasteiger partial charge in [0.15, 0.2) is 0 Å². The van der Waals surface area contributed by atoms with E-state index in [-0.39, 0.29) is 6.01 Å². The summed E-state index contributed by atoms with van der Waals surface area (Å²) < 4.78 is 5.26. The fourth-order valence-corrected chi connectivity index (χ4v) is 2.18. The van der Waals surface area contributed by atoms with E-state index in [1.165, 1.54) is 6.26 Å². The van der Waals surface area contributed by atoms with Gasteiger partial charge < -0.3 is 15.5 Å². The minimum absolute atomic E-state index is 0.143. The van der Waals surface area contributed by atoms with Crippen LogP contribution in [0, 0.1) is 0 Å². The summed E-state index contributed by atoms with van der Waals surface area (Å²) in [6.45, 7) is 5.16. The van der Waals surface area contributed by atoms with Crippen molar-refractivity contribution >= 4 is 29.3 Å². The van der Waals surface area contributed by atoms with Crippen LogP contribution >= 0.6 is 11.6 Å². The first-order valence-electron chi connectivity index (χ1n) is 7.60. The van der Waals surface area contributed by atoms with E-state index in [9.17, 15) is 4.79 Å². The average Bonchev–Trinajstić information content (AvgIpc) is 2.94. The molecular weight excluding hydrogens is 330 g/mol. The number of amides is 2. The molecule has 0 unspecified atom stereocenters. The number of carbonyl (C=O) groups is 1. The van der Waals surface area contributed by atoms with Gasteiger partial charge in [0.25, 0.3) is 0 Å². The van der Waals surface area contributed by atoms with E-state index in [0.29, 0.717) is 29.8 Å². The van der Waals surface area contributed by atoms with Crippen LogP contribution in [0.2, 0.25) is 5.02 Å². The van der Waals surface area contributed by atoms with Crippen molar-refractivity contribution in [3.8, 4) is 0 Å². The van der Waals surface area contributed by atoms with Crippen LogP contribution in [-0.2, 0) is 13.1 Å². The number of rotatable bonds is 6. The molecule has 0 bridgehead atoms. The van der Waals surface area contributed by atoms with Crippen LogP contribution in [0.1, 0.15) is 25.1 Å². The van der Waals surface area contributed by atoms with Crippen molar-refractivity contribution in [2.75, 3.05) is 17.7 Å². The molecule has 0 aliphatic heterocycles. The largest absolute Gasteiger partial charge is 0.432 e. The molecular formula is C16H22ClN5O2. The summed E-state index contributed by atoms with van der Waals surface area (Å²) in [5, 5.41) is 5.72. The number of hydrogen-bond acceptors (Lipinski definition) is 5. The molecule has 4 N–H and O–H groups in total. The maximum atomic E-state index is 12.0. The van der Waals surface area contributed by atoms with Crippen molar-refractivity contribution in [3.05, 3.63) is 40.7 Å². The van der Waals surface area contributed by atoms with Gasteiger partial charge in [-0.05, 0) is 38.6 Å². The number of oxazole rings is 1. The third-order valence-electron chi connectivity index (χ3n) is 3.60. The first-order valence-corrected chi connectivity index (χ1v) is 7.98. The highest BCUT2D eigenvalue weighted by Crippen LogP contribution is 2.20. The van der Waals surface area contributed by atoms with Gasteiger partial charge in [-0.25, -0.2) is 4.79 Å². The molecule has 0 fully saturated rings. The van der Waals surface area contributed by atoms with E-state index >= 15 is 0 Å². The molecule has 0 saturated heterocycles. The number of hydrogen-bond donors (Lipinski definition) is 3. The molecule has 0 atom stereocenters. The molecule has 2 aromatic rings. The Morgan fingerprint density at radius 1 is 1.42 bits per heavy atom. The maximum Gasteiger partial charge on any atom is 0.327 e. The lowest BCUT2D eigenvalue weighted by Crippen LogP contribution is -2.25. The molecule has 8 heteroatoms. The highest BCUT2D eigenvalue weighted by molar-refractivity contribution is 6.31. The second-order valence-electron chi connectivity index (χ2n) is 5.74. The summed E-state index contributed by atoms with van der Waals surface area (Å²) in [6, 6.07) is 5.21. The Kier molecular flexibility index (Phi) is 6.19. The van der Waals surface area contributed by atoms with Crippen LogP contribution in [0.25, 0.3) is 0 Å².